The van der Waals surface area contributed by atoms with E-state index in [0.29, 0.717) is 0 Å². The first-order valence-corrected chi connectivity index (χ1v) is 5.84. The lowest BCUT2D eigenvalue weighted by atomic mass is 9.79. The second kappa shape index (κ2) is 4.20. The van der Waals surface area contributed by atoms with Crippen LogP contribution in [0.5, 0.6) is 0 Å². The van der Waals surface area contributed by atoms with Crippen molar-refractivity contribution >= 4 is 0 Å². The maximum absolute atomic E-state index is 2.40. The summed E-state index contributed by atoms with van der Waals surface area (Å²) in [5, 5.41) is 0. The van der Waals surface area contributed by atoms with Gasteiger partial charge in [-0.1, -0.05) is 25.8 Å². The molecule has 1 aliphatic heterocycles. The molecule has 1 fully saturated rings. The molecule has 14 heavy (non-hydrogen) atoms. The fourth-order valence-electron chi connectivity index (χ4n) is 2.49. The topological polar surface area (TPSA) is 3.24 Å². The van der Waals surface area contributed by atoms with Crippen LogP contribution >= 0.6 is 0 Å². The van der Waals surface area contributed by atoms with Gasteiger partial charge in [0.15, 0.2) is 0 Å². The lowest BCUT2D eigenvalue weighted by Crippen LogP contribution is -2.19. The fraction of sp³-hybridized carbons (Fsp3) is 0.692. The molecule has 0 aromatic heterocycles. The third kappa shape index (κ3) is 2.20. The predicted octanol–water partition coefficient (Wildman–Crippen LogP) is 3.20. The molecule has 1 heteroatoms. The average Bonchev–Trinajstić information content (AvgIpc) is 2.21. The summed E-state index contributed by atoms with van der Waals surface area (Å²) in [6, 6.07) is 0. The van der Waals surface area contributed by atoms with E-state index < -0.39 is 0 Å². The zero-order chi connectivity index (χ0) is 9.97. The lowest BCUT2D eigenvalue weighted by molar-refractivity contribution is 0.321. The third-order valence-electron chi connectivity index (χ3n) is 3.62. The van der Waals surface area contributed by atoms with E-state index in [4.69, 9.17) is 0 Å². The Morgan fingerprint density at radius 3 is 2.50 bits per heavy atom. The van der Waals surface area contributed by atoms with Gasteiger partial charge in [0.05, 0.1) is 0 Å². The first-order chi connectivity index (χ1) is 6.75. The van der Waals surface area contributed by atoms with Crippen LogP contribution in [0.4, 0.5) is 0 Å². The minimum Gasteiger partial charge on any atom is -0.377 e. The van der Waals surface area contributed by atoms with Crippen molar-refractivity contribution in [1.29, 1.82) is 0 Å². The van der Waals surface area contributed by atoms with Crippen molar-refractivity contribution in [3.05, 3.63) is 23.9 Å². The van der Waals surface area contributed by atoms with Crippen molar-refractivity contribution in [1.82, 2.24) is 4.90 Å². The van der Waals surface area contributed by atoms with E-state index in [-0.39, 0.29) is 0 Å². The highest BCUT2D eigenvalue weighted by Gasteiger charge is 2.20. The molecule has 2 rings (SSSR count). The predicted molar refractivity (Wildman–Crippen MR) is 61.0 cm³/mol. The smallest absolute Gasteiger partial charge is 0.0356 e. The Bertz CT molecular complexity index is 244. The highest BCUT2D eigenvalue weighted by molar-refractivity contribution is 5.25. The van der Waals surface area contributed by atoms with Crippen molar-refractivity contribution in [3.8, 4) is 0 Å². The second-order valence-electron chi connectivity index (χ2n) is 4.92. The zero-order valence-electron chi connectivity index (χ0n) is 9.37. The van der Waals surface area contributed by atoms with Gasteiger partial charge in [0.25, 0.3) is 0 Å². The highest BCUT2D eigenvalue weighted by atomic mass is 15.1. The molecule has 0 atom stereocenters. The molecule has 0 aromatic carbocycles. The van der Waals surface area contributed by atoms with Gasteiger partial charge >= 0.3 is 0 Å². The summed E-state index contributed by atoms with van der Waals surface area (Å²) in [4.78, 5) is 2.23. The molecule has 0 radical (unpaired) electrons. The van der Waals surface area contributed by atoms with Gasteiger partial charge in [0, 0.05) is 13.6 Å². The Kier molecular flexibility index (Phi) is 2.95. The van der Waals surface area contributed by atoms with Gasteiger partial charge in [-0.2, -0.15) is 0 Å². The first kappa shape index (κ1) is 9.82. The summed E-state index contributed by atoms with van der Waals surface area (Å²) in [6.45, 7) is 3.48. The number of hydrogen-bond acceptors (Lipinski definition) is 1. The number of likely N-dealkylation sites (N-methyl/N-ethyl adjacent to an activating group) is 1. The first-order valence-electron chi connectivity index (χ1n) is 5.84. The summed E-state index contributed by atoms with van der Waals surface area (Å²) in [7, 11) is 2.13. The highest BCUT2D eigenvalue weighted by Crippen LogP contribution is 2.34. The molecule has 0 unspecified atom stereocenters. The van der Waals surface area contributed by atoms with E-state index in [1.54, 1.807) is 5.57 Å². The fourth-order valence-corrected chi connectivity index (χ4v) is 2.49. The summed E-state index contributed by atoms with van der Waals surface area (Å²) in [5.41, 5.74) is 1.59. The summed E-state index contributed by atoms with van der Waals surface area (Å²) >= 11 is 0. The van der Waals surface area contributed by atoms with E-state index in [0.717, 1.165) is 18.4 Å². The Hall–Kier alpha value is -0.720. The Balaban J connectivity index is 1.93. The van der Waals surface area contributed by atoms with E-state index >= 15 is 0 Å². The van der Waals surface area contributed by atoms with Crippen LogP contribution in [0.15, 0.2) is 23.9 Å². The van der Waals surface area contributed by atoms with Crippen LogP contribution in [-0.2, 0) is 0 Å². The molecule has 0 bridgehead atoms. The molecule has 1 saturated carbocycles. The Morgan fingerprint density at radius 1 is 1.21 bits per heavy atom. The Labute approximate surface area is 87.5 Å². The Morgan fingerprint density at radius 2 is 1.93 bits per heavy atom. The molecule has 0 amide bonds. The second-order valence-corrected chi connectivity index (χ2v) is 4.92. The van der Waals surface area contributed by atoms with Crippen LogP contribution in [0.1, 0.15) is 32.6 Å². The van der Waals surface area contributed by atoms with Crippen LogP contribution in [-0.4, -0.2) is 18.5 Å². The molecule has 0 N–H and O–H groups in total. The maximum Gasteiger partial charge on any atom is 0.0356 e. The number of allylic oxidation sites excluding steroid dienone is 2. The largest absolute Gasteiger partial charge is 0.377 e. The van der Waals surface area contributed by atoms with Gasteiger partial charge in [-0.3, -0.25) is 0 Å². The average molecular weight is 191 g/mol. The van der Waals surface area contributed by atoms with Crippen LogP contribution in [0.25, 0.3) is 0 Å². The summed E-state index contributed by atoms with van der Waals surface area (Å²) < 4.78 is 0. The quantitative estimate of drug-likeness (QED) is 0.615. The molecule has 0 aromatic rings. The molecular formula is C13H21N. The minimum absolute atomic E-state index is 0.858. The monoisotopic (exact) mass is 191 g/mol. The van der Waals surface area contributed by atoms with Gasteiger partial charge in [-0.25, -0.2) is 0 Å². The van der Waals surface area contributed by atoms with Crippen LogP contribution < -0.4 is 0 Å². The summed E-state index contributed by atoms with van der Waals surface area (Å²) in [5.74, 6) is 1.82. The van der Waals surface area contributed by atoms with Gasteiger partial charge in [0.2, 0.25) is 0 Å². The molecule has 78 valence electrons. The van der Waals surface area contributed by atoms with Crippen molar-refractivity contribution in [2.24, 2.45) is 11.8 Å². The minimum atomic E-state index is 0.858. The van der Waals surface area contributed by atoms with Crippen molar-refractivity contribution in [2.75, 3.05) is 13.6 Å². The number of nitrogens with zero attached hydrogens (tertiary/aromatic N) is 1. The molecule has 1 nitrogen and oxygen atoms in total. The molecule has 1 aliphatic carbocycles. The van der Waals surface area contributed by atoms with Crippen LogP contribution in [0, 0.1) is 11.8 Å². The normalized spacial score (nSPS) is 33.0. The molecule has 1 heterocycles. The zero-order valence-corrected chi connectivity index (χ0v) is 9.37. The number of rotatable bonds is 1. The van der Waals surface area contributed by atoms with Gasteiger partial charge < -0.3 is 4.90 Å². The standard InChI is InChI=1S/C13H21N/c1-11-3-5-12(6-4-11)13-7-9-14(2)10-8-13/h7-9,11-12H,3-6,10H2,1-2H3. The van der Waals surface area contributed by atoms with Crippen LogP contribution in [0.3, 0.4) is 0 Å². The van der Waals surface area contributed by atoms with Crippen LogP contribution in [0.2, 0.25) is 0 Å². The van der Waals surface area contributed by atoms with E-state index in [9.17, 15) is 0 Å². The number of hydrogen-bond donors (Lipinski definition) is 0. The van der Waals surface area contributed by atoms with Gasteiger partial charge in [-0.05, 0) is 42.5 Å². The van der Waals surface area contributed by atoms with E-state index in [1.807, 2.05) is 0 Å². The third-order valence-corrected chi connectivity index (χ3v) is 3.62. The van der Waals surface area contributed by atoms with Gasteiger partial charge in [-0.15, -0.1) is 0 Å². The maximum atomic E-state index is 2.40. The van der Waals surface area contributed by atoms with Crippen molar-refractivity contribution in [2.45, 2.75) is 32.6 Å². The summed E-state index contributed by atoms with van der Waals surface area (Å²) in [6.07, 6.45) is 12.6. The molecular weight excluding hydrogens is 170 g/mol. The molecule has 0 saturated heterocycles. The lowest BCUT2D eigenvalue weighted by Gasteiger charge is -2.29. The van der Waals surface area contributed by atoms with Gasteiger partial charge in [0.1, 0.15) is 0 Å². The van der Waals surface area contributed by atoms with Crippen molar-refractivity contribution in [3.63, 3.8) is 0 Å². The molecule has 0 spiro atoms. The van der Waals surface area contributed by atoms with Crippen molar-refractivity contribution < 1.29 is 0 Å². The molecule has 2 aliphatic rings. The van der Waals surface area contributed by atoms with E-state index in [1.165, 1.54) is 25.7 Å². The van der Waals surface area contributed by atoms with E-state index in [2.05, 4.69) is 37.2 Å². The SMILES string of the molecule is CC1CCC(C2=CCN(C)C=C2)CC1.